The Kier molecular flexibility index (Phi) is 4.87. The zero-order chi connectivity index (χ0) is 16.2. The number of nitrogens with zero attached hydrogens (tertiary/aromatic N) is 4. The maximum atomic E-state index is 12.0. The zero-order valence-electron chi connectivity index (χ0n) is 13.0. The number of pyridine rings is 1. The van der Waals surface area contributed by atoms with Crippen LogP contribution in [0.2, 0.25) is 0 Å². The van der Waals surface area contributed by atoms with Crippen LogP contribution in [0.1, 0.15) is 37.6 Å². The molecule has 1 amide bonds. The fourth-order valence-electron chi connectivity index (χ4n) is 1.85. The van der Waals surface area contributed by atoms with Gasteiger partial charge in [-0.25, -0.2) is 4.98 Å². The molecule has 0 saturated heterocycles. The van der Waals surface area contributed by atoms with Gasteiger partial charge >= 0.3 is 0 Å². The Morgan fingerprint density at radius 3 is 2.55 bits per heavy atom. The predicted molar refractivity (Wildman–Crippen MR) is 81.6 cm³/mol. The minimum absolute atomic E-state index is 0.188. The van der Waals surface area contributed by atoms with E-state index in [0.29, 0.717) is 24.3 Å². The van der Waals surface area contributed by atoms with Gasteiger partial charge in [-0.3, -0.25) is 9.36 Å². The van der Waals surface area contributed by atoms with Crippen molar-refractivity contribution in [3.8, 4) is 5.82 Å². The SMILES string of the molecule is CC(C)(C)C(O)CCNC(=O)c1ccc(-n2cnnc2)nc1. The smallest absolute Gasteiger partial charge is 0.252 e. The molecule has 1 unspecified atom stereocenters. The van der Waals surface area contributed by atoms with Gasteiger partial charge in [0.1, 0.15) is 18.5 Å². The summed E-state index contributed by atoms with van der Waals surface area (Å²) >= 11 is 0. The molecule has 7 nitrogen and oxygen atoms in total. The molecule has 0 spiro atoms. The first-order valence-corrected chi connectivity index (χ1v) is 7.15. The number of aliphatic hydroxyl groups is 1. The maximum absolute atomic E-state index is 12.0. The van der Waals surface area contributed by atoms with Crippen molar-refractivity contribution < 1.29 is 9.90 Å². The lowest BCUT2D eigenvalue weighted by molar-refractivity contribution is 0.0551. The van der Waals surface area contributed by atoms with Gasteiger partial charge in [0.2, 0.25) is 0 Å². The predicted octanol–water partition coefficient (Wildman–Crippen LogP) is 1.19. The molecule has 2 N–H and O–H groups in total. The van der Waals surface area contributed by atoms with E-state index in [2.05, 4.69) is 20.5 Å². The first-order chi connectivity index (χ1) is 10.4. The summed E-state index contributed by atoms with van der Waals surface area (Å²) in [5.74, 6) is 0.439. The van der Waals surface area contributed by atoms with E-state index in [1.54, 1.807) is 16.7 Å². The van der Waals surface area contributed by atoms with Crippen molar-refractivity contribution in [3.05, 3.63) is 36.5 Å². The fourth-order valence-corrected chi connectivity index (χ4v) is 1.85. The number of hydrogen-bond donors (Lipinski definition) is 2. The van der Waals surface area contributed by atoms with E-state index in [4.69, 9.17) is 0 Å². The summed E-state index contributed by atoms with van der Waals surface area (Å²) in [7, 11) is 0. The van der Waals surface area contributed by atoms with E-state index < -0.39 is 6.10 Å². The molecule has 7 heteroatoms. The van der Waals surface area contributed by atoms with Crippen molar-refractivity contribution in [3.63, 3.8) is 0 Å². The van der Waals surface area contributed by atoms with Gasteiger partial charge in [0.25, 0.3) is 5.91 Å². The summed E-state index contributed by atoms with van der Waals surface area (Å²) in [6.45, 7) is 6.32. The second-order valence-electron chi connectivity index (χ2n) is 6.20. The lowest BCUT2D eigenvalue weighted by atomic mass is 9.87. The number of nitrogens with one attached hydrogen (secondary N) is 1. The van der Waals surface area contributed by atoms with Gasteiger partial charge in [-0.1, -0.05) is 20.8 Å². The third-order valence-electron chi connectivity index (χ3n) is 3.40. The zero-order valence-corrected chi connectivity index (χ0v) is 13.0. The highest BCUT2D eigenvalue weighted by Crippen LogP contribution is 2.20. The van der Waals surface area contributed by atoms with E-state index in [1.807, 2.05) is 20.8 Å². The van der Waals surface area contributed by atoms with Crippen molar-refractivity contribution in [2.45, 2.75) is 33.3 Å². The van der Waals surface area contributed by atoms with E-state index in [1.165, 1.54) is 18.9 Å². The lowest BCUT2D eigenvalue weighted by Crippen LogP contribution is -2.32. The van der Waals surface area contributed by atoms with E-state index in [0.717, 1.165) is 0 Å². The van der Waals surface area contributed by atoms with Crippen LogP contribution in [0.3, 0.4) is 0 Å². The molecule has 0 aliphatic heterocycles. The molecule has 22 heavy (non-hydrogen) atoms. The summed E-state index contributed by atoms with van der Waals surface area (Å²) in [6.07, 6.45) is 4.64. The highest BCUT2D eigenvalue weighted by molar-refractivity contribution is 5.93. The molecule has 0 radical (unpaired) electrons. The summed E-state index contributed by atoms with van der Waals surface area (Å²) in [4.78, 5) is 16.2. The average Bonchev–Trinajstić information content (AvgIpc) is 3.00. The number of carbonyl (C=O) groups is 1. The molecule has 0 aromatic carbocycles. The minimum atomic E-state index is -0.456. The number of aromatic nitrogens is 4. The number of aliphatic hydroxyl groups excluding tert-OH is 1. The van der Waals surface area contributed by atoms with E-state index >= 15 is 0 Å². The average molecular weight is 303 g/mol. The Bertz CT molecular complexity index is 602. The summed E-state index contributed by atoms with van der Waals surface area (Å²) in [5, 5.41) is 20.1. The minimum Gasteiger partial charge on any atom is -0.393 e. The molecule has 118 valence electrons. The van der Waals surface area contributed by atoms with Crippen LogP contribution in [-0.4, -0.2) is 43.4 Å². The van der Waals surface area contributed by atoms with Crippen LogP contribution in [0.5, 0.6) is 0 Å². The van der Waals surface area contributed by atoms with Crippen molar-refractivity contribution in [2.24, 2.45) is 5.41 Å². The van der Waals surface area contributed by atoms with Gasteiger partial charge in [0.15, 0.2) is 0 Å². The highest BCUT2D eigenvalue weighted by Gasteiger charge is 2.21. The molecular formula is C15H21N5O2. The molecule has 0 aliphatic carbocycles. The molecule has 0 saturated carbocycles. The summed E-state index contributed by atoms with van der Waals surface area (Å²) in [6, 6.07) is 3.42. The lowest BCUT2D eigenvalue weighted by Gasteiger charge is -2.25. The Labute approximate surface area is 129 Å². The molecule has 0 fully saturated rings. The Hall–Kier alpha value is -2.28. The second-order valence-corrected chi connectivity index (χ2v) is 6.20. The third-order valence-corrected chi connectivity index (χ3v) is 3.40. The van der Waals surface area contributed by atoms with E-state index in [-0.39, 0.29) is 11.3 Å². The first-order valence-electron chi connectivity index (χ1n) is 7.15. The standard InChI is InChI=1S/C15H21N5O2/c1-15(2,3)12(21)6-7-16-14(22)11-4-5-13(17-8-11)20-9-18-19-10-20/h4-5,8-10,12,21H,6-7H2,1-3H3,(H,16,22). The van der Waals surface area contributed by atoms with Crippen LogP contribution in [0.25, 0.3) is 5.82 Å². The molecule has 0 aliphatic rings. The third kappa shape index (κ3) is 4.11. The highest BCUT2D eigenvalue weighted by atomic mass is 16.3. The molecular weight excluding hydrogens is 282 g/mol. The monoisotopic (exact) mass is 303 g/mol. The van der Waals surface area contributed by atoms with Gasteiger partial charge < -0.3 is 10.4 Å². The largest absolute Gasteiger partial charge is 0.393 e. The van der Waals surface area contributed by atoms with Crippen LogP contribution in [0.4, 0.5) is 0 Å². The molecule has 2 aromatic heterocycles. The normalized spacial score (nSPS) is 12.9. The Balaban J connectivity index is 1.88. The number of hydrogen-bond acceptors (Lipinski definition) is 5. The van der Waals surface area contributed by atoms with Crippen LogP contribution in [0.15, 0.2) is 31.0 Å². The van der Waals surface area contributed by atoms with Crippen LogP contribution < -0.4 is 5.32 Å². The first kappa shape index (κ1) is 16.1. The van der Waals surface area contributed by atoms with Gasteiger partial charge in [-0.15, -0.1) is 10.2 Å². The summed E-state index contributed by atoms with van der Waals surface area (Å²) in [5.41, 5.74) is 0.286. The van der Waals surface area contributed by atoms with Crippen LogP contribution in [-0.2, 0) is 0 Å². The maximum Gasteiger partial charge on any atom is 0.252 e. The number of rotatable bonds is 5. The molecule has 2 heterocycles. The van der Waals surface area contributed by atoms with E-state index in [9.17, 15) is 9.90 Å². The Morgan fingerprint density at radius 2 is 2.00 bits per heavy atom. The second kappa shape index (κ2) is 6.65. The quantitative estimate of drug-likeness (QED) is 0.865. The van der Waals surface area contributed by atoms with Gasteiger partial charge in [-0.05, 0) is 24.0 Å². The van der Waals surface area contributed by atoms with Crippen molar-refractivity contribution in [2.75, 3.05) is 6.54 Å². The van der Waals surface area contributed by atoms with Crippen molar-refractivity contribution >= 4 is 5.91 Å². The molecule has 2 rings (SSSR count). The molecule has 1 atom stereocenters. The van der Waals surface area contributed by atoms with Crippen LogP contribution in [0, 0.1) is 5.41 Å². The number of carbonyl (C=O) groups excluding carboxylic acids is 1. The van der Waals surface area contributed by atoms with Gasteiger partial charge in [-0.2, -0.15) is 0 Å². The molecule has 0 bridgehead atoms. The van der Waals surface area contributed by atoms with Gasteiger partial charge in [0.05, 0.1) is 11.7 Å². The van der Waals surface area contributed by atoms with Crippen molar-refractivity contribution in [1.29, 1.82) is 0 Å². The Morgan fingerprint density at radius 1 is 1.32 bits per heavy atom. The summed E-state index contributed by atoms with van der Waals surface area (Å²) < 4.78 is 1.65. The number of amides is 1. The fraction of sp³-hybridized carbons (Fsp3) is 0.467. The van der Waals surface area contributed by atoms with Crippen molar-refractivity contribution in [1.82, 2.24) is 25.1 Å². The topological polar surface area (TPSA) is 92.9 Å². The van der Waals surface area contributed by atoms with Crippen LogP contribution >= 0.6 is 0 Å². The molecule has 2 aromatic rings. The van der Waals surface area contributed by atoms with Gasteiger partial charge in [0, 0.05) is 12.7 Å².